The Kier molecular flexibility index (Phi) is 4.22. The lowest BCUT2D eigenvalue weighted by Crippen LogP contribution is -2.51. The minimum atomic E-state index is -0.494. The summed E-state index contributed by atoms with van der Waals surface area (Å²) < 4.78 is 0. The van der Waals surface area contributed by atoms with E-state index in [1.54, 1.807) is 0 Å². The van der Waals surface area contributed by atoms with Crippen molar-refractivity contribution in [2.24, 2.45) is 5.92 Å². The third-order valence-corrected chi connectivity index (χ3v) is 4.84. The molecule has 6 heteroatoms. The maximum absolute atomic E-state index is 13.3. The van der Waals surface area contributed by atoms with E-state index in [0.29, 0.717) is 35.4 Å². The summed E-state index contributed by atoms with van der Waals surface area (Å²) in [7, 11) is 0. The summed E-state index contributed by atoms with van der Waals surface area (Å²) in [5.74, 6) is -0.305. The molecule has 4 rings (SSSR count). The average Bonchev–Trinajstić information content (AvgIpc) is 2.61. The van der Waals surface area contributed by atoms with Crippen LogP contribution in [0.4, 0.5) is 11.4 Å². The van der Waals surface area contributed by atoms with Crippen LogP contribution in [-0.2, 0) is 4.79 Å². The van der Waals surface area contributed by atoms with Crippen LogP contribution in [0.3, 0.4) is 0 Å². The van der Waals surface area contributed by atoms with E-state index in [1.165, 1.54) is 4.90 Å². The number of carbonyl (C=O) groups excluding carboxylic acids is 1. The summed E-state index contributed by atoms with van der Waals surface area (Å²) in [6, 6.07) is 16.8. The van der Waals surface area contributed by atoms with Crippen molar-refractivity contribution in [2.45, 2.75) is 6.92 Å². The molecule has 0 aliphatic carbocycles. The van der Waals surface area contributed by atoms with Gasteiger partial charge in [-0.25, -0.2) is 0 Å². The molecule has 1 saturated heterocycles. The first-order valence-electron chi connectivity index (χ1n) is 8.76. The number of aryl methyl sites for hydroxylation is 1. The molecule has 0 unspecified atom stereocenters. The van der Waals surface area contributed by atoms with E-state index in [0.717, 1.165) is 5.56 Å². The third kappa shape index (κ3) is 2.88. The molecular formula is C21H18N4O2. The predicted molar refractivity (Wildman–Crippen MR) is 104 cm³/mol. The Hall–Kier alpha value is -3.43. The molecule has 0 saturated carbocycles. The van der Waals surface area contributed by atoms with Crippen molar-refractivity contribution in [3.05, 3.63) is 70.0 Å². The minimum absolute atomic E-state index is 0.0594. The number of H-pyrrole nitrogens is 1. The van der Waals surface area contributed by atoms with Crippen LogP contribution in [0.5, 0.6) is 0 Å². The van der Waals surface area contributed by atoms with Crippen LogP contribution in [0.1, 0.15) is 11.1 Å². The lowest BCUT2D eigenvalue weighted by atomic mass is 9.99. The highest BCUT2D eigenvalue weighted by atomic mass is 16.2. The number of nitrogens with zero attached hydrogens (tertiary/aromatic N) is 2. The molecule has 1 amide bonds. The van der Waals surface area contributed by atoms with E-state index in [-0.39, 0.29) is 17.4 Å². The number of anilines is 2. The number of pyridine rings is 1. The van der Waals surface area contributed by atoms with Crippen LogP contribution in [0.15, 0.2) is 53.3 Å². The van der Waals surface area contributed by atoms with Gasteiger partial charge in [-0.2, -0.15) is 5.26 Å². The van der Waals surface area contributed by atoms with Gasteiger partial charge in [-0.1, -0.05) is 30.3 Å². The molecule has 1 aliphatic heterocycles. The topological polar surface area (TPSA) is 89.0 Å². The molecule has 1 fully saturated rings. The van der Waals surface area contributed by atoms with Crippen molar-refractivity contribution in [1.29, 1.82) is 5.26 Å². The van der Waals surface area contributed by atoms with Crippen LogP contribution < -0.4 is 15.8 Å². The van der Waals surface area contributed by atoms with Gasteiger partial charge in [0, 0.05) is 24.2 Å². The summed E-state index contributed by atoms with van der Waals surface area (Å²) in [6.07, 6.45) is 0. The van der Waals surface area contributed by atoms with Gasteiger partial charge >= 0.3 is 0 Å². The Morgan fingerprint density at radius 2 is 1.93 bits per heavy atom. The van der Waals surface area contributed by atoms with Crippen molar-refractivity contribution in [3.63, 3.8) is 0 Å². The summed E-state index contributed by atoms with van der Waals surface area (Å²) in [5.41, 5.74) is 2.02. The fourth-order valence-corrected chi connectivity index (χ4v) is 3.32. The van der Waals surface area contributed by atoms with Gasteiger partial charge in [0.2, 0.25) is 5.91 Å². The second-order valence-corrected chi connectivity index (χ2v) is 6.70. The number of amides is 1. The maximum Gasteiger partial charge on any atom is 0.268 e. The zero-order valence-corrected chi connectivity index (χ0v) is 14.8. The van der Waals surface area contributed by atoms with Gasteiger partial charge in [0.25, 0.3) is 5.56 Å². The normalized spacial score (nSPS) is 13.8. The predicted octanol–water partition coefficient (Wildman–Crippen LogP) is 2.59. The molecule has 27 heavy (non-hydrogen) atoms. The van der Waals surface area contributed by atoms with Crippen molar-refractivity contribution in [1.82, 2.24) is 10.3 Å². The number of carbonyl (C=O) groups is 1. The Labute approximate surface area is 156 Å². The van der Waals surface area contributed by atoms with Gasteiger partial charge in [0.05, 0.1) is 17.1 Å². The standard InChI is InChI=1S/C21H18N4O2/c1-13-7-8-16-18(9-13)24-20(26)17(10-22)19(16)25(15-5-3-2-4-6-15)21(27)14-11-23-12-14/h2-9,14,23H,11-12H2,1H3,(H,24,26). The van der Waals surface area contributed by atoms with Crippen molar-refractivity contribution >= 4 is 28.2 Å². The lowest BCUT2D eigenvalue weighted by Gasteiger charge is -2.33. The molecule has 2 heterocycles. The quantitative estimate of drug-likeness (QED) is 0.753. The van der Waals surface area contributed by atoms with Crippen molar-refractivity contribution in [3.8, 4) is 6.07 Å². The summed E-state index contributed by atoms with van der Waals surface area (Å²) in [4.78, 5) is 30.1. The SMILES string of the molecule is Cc1ccc2c(N(C(=O)C3CNC3)c3ccccc3)c(C#N)c(=O)[nH]c2c1. The zero-order valence-electron chi connectivity index (χ0n) is 14.8. The van der Waals surface area contributed by atoms with Crippen LogP contribution in [-0.4, -0.2) is 24.0 Å². The third-order valence-electron chi connectivity index (χ3n) is 4.84. The highest BCUT2D eigenvalue weighted by Crippen LogP contribution is 2.35. The first-order chi connectivity index (χ1) is 13.1. The molecule has 0 atom stereocenters. The van der Waals surface area contributed by atoms with Gasteiger partial charge < -0.3 is 10.3 Å². The van der Waals surface area contributed by atoms with Gasteiger partial charge in [-0.15, -0.1) is 0 Å². The van der Waals surface area contributed by atoms with Crippen LogP contribution in [0, 0.1) is 24.2 Å². The summed E-state index contributed by atoms with van der Waals surface area (Å²) >= 11 is 0. The van der Waals surface area contributed by atoms with Crippen LogP contribution >= 0.6 is 0 Å². The number of benzene rings is 2. The van der Waals surface area contributed by atoms with E-state index in [1.807, 2.05) is 61.5 Å². The van der Waals surface area contributed by atoms with Crippen LogP contribution in [0.25, 0.3) is 10.9 Å². The van der Waals surface area contributed by atoms with Crippen molar-refractivity contribution in [2.75, 3.05) is 18.0 Å². The van der Waals surface area contributed by atoms with E-state index in [4.69, 9.17) is 0 Å². The molecule has 3 aromatic rings. The number of hydrogen-bond acceptors (Lipinski definition) is 4. The van der Waals surface area contributed by atoms with E-state index >= 15 is 0 Å². The molecule has 1 aromatic heterocycles. The number of aromatic nitrogens is 1. The number of nitriles is 1. The second kappa shape index (κ2) is 6.71. The highest BCUT2D eigenvalue weighted by molar-refractivity contribution is 6.10. The molecule has 6 nitrogen and oxygen atoms in total. The Morgan fingerprint density at radius 1 is 1.19 bits per heavy atom. The van der Waals surface area contributed by atoms with Gasteiger partial charge in [-0.05, 0) is 30.7 Å². The highest BCUT2D eigenvalue weighted by Gasteiger charge is 2.33. The number of fused-ring (bicyclic) bond motifs is 1. The molecule has 0 spiro atoms. The van der Waals surface area contributed by atoms with E-state index in [9.17, 15) is 14.9 Å². The van der Waals surface area contributed by atoms with Gasteiger partial charge in [-0.3, -0.25) is 14.5 Å². The number of para-hydroxylation sites is 1. The summed E-state index contributed by atoms with van der Waals surface area (Å²) in [6.45, 7) is 3.10. The Balaban J connectivity index is 2.05. The fraction of sp³-hybridized carbons (Fsp3) is 0.190. The Bertz CT molecular complexity index is 1120. The number of hydrogen-bond donors (Lipinski definition) is 2. The molecule has 2 N–H and O–H groups in total. The molecule has 0 bridgehead atoms. The largest absolute Gasteiger partial charge is 0.321 e. The zero-order chi connectivity index (χ0) is 19.0. The minimum Gasteiger partial charge on any atom is -0.321 e. The lowest BCUT2D eigenvalue weighted by molar-refractivity contribution is -0.123. The average molecular weight is 358 g/mol. The van der Waals surface area contributed by atoms with Crippen LogP contribution in [0.2, 0.25) is 0 Å². The summed E-state index contributed by atoms with van der Waals surface area (Å²) in [5, 5.41) is 13.5. The number of aromatic amines is 1. The Morgan fingerprint density at radius 3 is 2.56 bits per heavy atom. The van der Waals surface area contributed by atoms with Crippen molar-refractivity contribution < 1.29 is 4.79 Å². The monoisotopic (exact) mass is 358 g/mol. The smallest absolute Gasteiger partial charge is 0.268 e. The van der Waals surface area contributed by atoms with Gasteiger partial charge in [0.1, 0.15) is 11.6 Å². The number of rotatable bonds is 3. The molecular weight excluding hydrogens is 340 g/mol. The first kappa shape index (κ1) is 17.0. The number of nitrogens with one attached hydrogen (secondary N) is 2. The van der Waals surface area contributed by atoms with Gasteiger partial charge in [0.15, 0.2) is 0 Å². The fourth-order valence-electron chi connectivity index (χ4n) is 3.32. The second-order valence-electron chi connectivity index (χ2n) is 6.70. The van der Waals surface area contributed by atoms with E-state index in [2.05, 4.69) is 10.3 Å². The maximum atomic E-state index is 13.3. The molecule has 134 valence electrons. The molecule has 2 aromatic carbocycles. The molecule has 1 aliphatic rings. The first-order valence-corrected chi connectivity index (χ1v) is 8.76. The van der Waals surface area contributed by atoms with E-state index < -0.39 is 5.56 Å². The molecule has 0 radical (unpaired) electrons.